The van der Waals surface area contributed by atoms with Crippen molar-refractivity contribution in [2.45, 2.75) is 51.9 Å². The normalized spacial score (nSPS) is 32.4. The lowest BCUT2D eigenvalue weighted by Gasteiger charge is -2.32. The molecular formula is C10H19NO3. The van der Waals surface area contributed by atoms with Crippen molar-refractivity contribution >= 4 is 6.09 Å². The summed E-state index contributed by atoms with van der Waals surface area (Å²) in [6.07, 6.45) is 1.84. The van der Waals surface area contributed by atoms with Crippen LogP contribution in [0.1, 0.15) is 33.6 Å². The standard InChI is InChI=1S/C10H19NO3/c1-4-13-10(12)11-9-5-7(2)14-8(3)6-9/h7-9H,4-6H2,1-3H3,(H,11,12). The number of ether oxygens (including phenoxy) is 2. The lowest BCUT2D eigenvalue weighted by atomic mass is 10.0. The molecule has 0 aliphatic carbocycles. The van der Waals surface area contributed by atoms with Gasteiger partial charge in [0, 0.05) is 6.04 Å². The average Bonchev–Trinajstić information content (AvgIpc) is 2.01. The van der Waals surface area contributed by atoms with Crippen LogP contribution in [-0.4, -0.2) is 30.9 Å². The van der Waals surface area contributed by atoms with E-state index in [1.54, 1.807) is 6.92 Å². The highest BCUT2D eigenvalue weighted by atomic mass is 16.5. The van der Waals surface area contributed by atoms with Crippen molar-refractivity contribution in [3.63, 3.8) is 0 Å². The highest BCUT2D eigenvalue weighted by Crippen LogP contribution is 2.18. The van der Waals surface area contributed by atoms with Gasteiger partial charge in [-0.15, -0.1) is 0 Å². The lowest BCUT2D eigenvalue weighted by Crippen LogP contribution is -2.44. The SMILES string of the molecule is CCOC(=O)NC1CC(C)OC(C)C1. The van der Waals surface area contributed by atoms with Crippen molar-refractivity contribution in [2.75, 3.05) is 6.61 Å². The number of carbonyl (C=O) groups is 1. The molecule has 0 radical (unpaired) electrons. The number of amides is 1. The van der Waals surface area contributed by atoms with E-state index in [1.165, 1.54) is 0 Å². The molecule has 0 saturated carbocycles. The third-order valence-electron chi connectivity index (χ3n) is 2.29. The summed E-state index contributed by atoms with van der Waals surface area (Å²) in [5, 5.41) is 2.84. The lowest BCUT2D eigenvalue weighted by molar-refractivity contribution is -0.0414. The highest BCUT2D eigenvalue weighted by Gasteiger charge is 2.25. The maximum atomic E-state index is 11.2. The smallest absolute Gasteiger partial charge is 0.407 e. The van der Waals surface area contributed by atoms with Crippen LogP contribution in [0.25, 0.3) is 0 Å². The first-order valence-electron chi connectivity index (χ1n) is 5.20. The molecular weight excluding hydrogens is 182 g/mol. The maximum absolute atomic E-state index is 11.2. The van der Waals surface area contributed by atoms with Crippen molar-refractivity contribution in [3.8, 4) is 0 Å². The summed E-state index contributed by atoms with van der Waals surface area (Å²) in [5.41, 5.74) is 0. The fourth-order valence-corrected chi connectivity index (χ4v) is 1.86. The average molecular weight is 201 g/mol. The molecule has 1 rings (SSSR count). The molecule has 1 fully saturated rings. The molecule has 1 aliphatic heterocycles. The number of carbonyl (C=O) groups excluding carboxylic acids is 1. The van der Waals surface area contributed by atoms with E-state index in [0.717, 1.165) is 12.8 Å². The molecule has 2 unspecified atom stereocenters. The van der Waals surface area contributed by atoms with Gasteiger partial charge in [-0.05, 0) is 33.6 Å². The first-order chi connectivity index (χ1) is 6.61. The fraction of sp³-hybridized carbons (Fsp3) is 0.900. The third kappa shape index (κ3) is 3.54. The van der Waals surface area contributed by atoms with Crippen LogP contribution in [0.4, 0.5) is 4.79 Å². The van der Waals surface area contributed by atoms with E-state index in [0.29, 0.717) is 6.61 Å². The second-order valence-electron chi connectivity index (χ2n) is 3.79. The summed E-state index contributed by atoms with van der Waals surface area (Å²) < 4.78 is 10.4. The van der Waals surface area contributed by atoms with Crippen LogP contribution in [0.5, 0.6) is 0 Å². The van der Waals surface area contributed by atoms with E-state index in [4.69, 9.17) is 9.47 Å². The van der Waals surface area contributed by atoms with E-state index < -0.39 is 0 Å². The molecule has 1 saturated heterocycles. The zero-order chi connectivity index (χ0) is 10.6. The van der Waals surface area contributed by atoms with Gasteiger partial charge in [0.15, 0.2) is 0 Å². The Morgan fingerprint density at radius 2 is 2.00 bits per heavy atom. The van der Waals surface area contributed by atoms with Crippen LogP contribution >= 0.6 is 0 Å². The van der Waals surface area contributed by atoms with Gasteiger partial charge in [-0.25, -0.2) is 4.79 Å². The number of alkyl carbamates (subject to hydrolysis) is 1. The third-order valence-corrected chi connectivity index (χ3v) is 2.29. The monoisotopic (exact) mass is 201 g/mol. The molecule has 0 aromatic rings. The second kappa shape index (κ2) is 5.20. The molecule has 0 aromatic heterocycles. The Kier molecular flexibility index (Phi) is 4.20. The van der Waals surface area contributed by atoms with Gasteiger partial charge in [-0.3, -0.25) is 0 Å². The molecule has 0 aromatic carbocycles. The first-order valence-corrected chi connectivity index (χ1v) is 5.20. The van der Waals surface area contributed by atoms with Gasteiger partial charge in [-0.2, -0.15) is 0 Å². The molecule has 1 heterocycles. The van der Waals surface area contributed by atoms with Crippen molar-refractivity contribution in [2.24, 2.45) is 0 Å². The van der Waals surface area contributed by atoms with Crippen molar-refractivity contribution < 1.29 is 14.3 Å². The Balaban J connectivity index is 2.33. The number of hydrogen-bond acceptors (Lipinski definition) is 3. The summed E-state index contributed by atoms with van der Waals surface area (Å²) in [7, 11) is 0. The first kappa shape index (κ1) is 11.3. The Hall–Kier alpha value is -0.770. The molecule has 14 heavy (non-hydrogen) atoms. The molecule has 1 N–H and O–H groups in total. The van der Waals surface area contributed by atoms with Crippen LogP contribution in [0, 0.1) is 0 Å². The van der Waals surface area contributed by atoms with Gasteiger partial charge < -0.3 is 14.8 Å². The van der Waals surface area contributed by atoms with E-state index in [2.05, 4.69) is 5.32 Å². The zero-order valence-corrected chi connectivity index (χ0v) is 9.08. The summed E-state index contributed by atoms with van der Waals surface area (Å²) in [4.78, 5) is 11.2. The van der Waals surface area contributed by atoms with Gasteiger partial charge in [0.1, 0.15) is 0 Å². The van der Waals surface area contributed by atoms with Crippen LogP contribution in [0.15, 0.2) is 0 Å². The maximum Gasteiger partial charge on any atom is 0.407 e. The van der Waals surface area contributed by atoms with E-state index >= 15 is 0 Å². The highest BCUT2D eigenvalue weighted by molar-refractivity contribution is 5.67. The predicted octanol–water partition coefficient (Wildman–Crippen LogP) is 1.69. The van der Waals surface area contributed by atoms with Gasteiger partial charge in [0.2, 0.25) is 0 Å². The minimum absolute atomic E-state index is 0.188. The van der Waals surface area contributed by atoms with Crippen LogP contribution in [-0.2, 0) is 9.47 Å². The zero-order valence-electron chi connectivity index (χ0n) is 9.08. The van der Waals surface area contributed by atoms with Gasteiger partial charge >= 0.3 is 6.09 Å². The molecule has 1 aliphatic rings. The Labute approximate surface area is 85.0 Å². The topological polar surface area (TPSA) is 47.6 Å². The van der Waals surface area contributed by atoms with E-state index in [-0.39, 0.29) is 24.3 Å². The minimum Gasteiger partial charge on any atom is -0.450 e. The molecule has 4 heteroatoms. The summed E-state index contributed by atoms with van der Waals surface area (Å²) in [6.45, 7) is 6.26. The number of nitrogens with one attached hydrogen (secondary N) is 1. The summed E-state index contributed by atoms with van der Waals surface area (Å²) in [5.74, 6) is 0. The van der Waals surface area contributed by atoms with Gasteiger partial charge in [0.05, 0.1) is 18.8 Å². The molecule has 0 spiro atoms. The molecule has 0 bridgehead atoms. The largest absolute Gasteiger partial charge is 0.450 e. The van der Waals surface area contributed by atoms with Crippen LogP contribution < -0.4 is 5.32 Å². The Bertz CT molecular complexity index is 186. The Morgan fingerprint density at radius 1 is 1.43 bits per heavy atom. The molecule has 1 amide bonds. The summed E-state index contributed by atoms with van der Waals surface area (Å²) >= 11 is 0. The second-order valence-corrected chi connectivity index (χ2v) is 3.79. The van der Waals surface area contributed by atoms with Crippen molar-refractivity contribution in [3.05, 3.63) is 0 Å². The molecule has 82 valence electrons. The van der Waals surface area contributed by atoms with E-state index in [9.17, 15) is 4.79 Å². The van der Waals surface area contributed by atoms with Gasteiger partial charge in [-0.1, -0.05) is 0 Å². The summed E-state index contributed by atoms with van der Waals surface area (Å²) in [6, 6.07) is 0.188. The van der Waals surface area contributed by atoms with Crippen LogP contribution in [0.3, 0.4) is 0 Å². The van der Waals surface area contributed by atoms with Crippen molar-refractivity contribution in [1.82, 2.24) is 5.32 Å². The van der Waals surface area contributed by atoms with Crippen molar-refractivity contribution in [1.29, 1.82) is 0 Å². The quantitative estimate of drug-likeness (QED) is 0.739. The Morgan fingerprint density at radius 3 is 2.50 bits per heavy atom. The fourth-order valence-electron chi connectivity index (χ4n) is 1.86. The number of hydrogen-bond donors (Lipinski definition) is 1. The number of rotatable bonds is 2. The van der Waals surface area contributed by atoms with Crippen LogP contribution in [0.2, 0.25) is 0 Å². The van der Waals surface area contributed by atoms with Gasteiger partial charge in [0.25, 0.3) is 0 Å². The predicted molar refractivity (Wildman–Crippen MR) is 53.2 cm³/mol. The molecule has 4 nitrogen and oxygen atoms in total. The molecule has 2 atom stereocenters. The minimum atomic E-state index is -0.321. The van der Waals surface area contributed by atoms with E-state index in [1.807, 2.05) is 13.8 Å².